The third-order valence-corrected chi connectivity index (χ3v) is 4.43. The molecule has 5 nitrogen and oxygen atoms in total. The fourth-order valence-electron chi connectivity index (χ4n) is 3.04. The van der Waals surface area contributed by atoms with Gasteiger partial charge in [-0.3, -0.25) is 0 Å². The van der Waals surface area contributed by atoms with E-state index in [1.807, 2.05) is 74.5 Å². The van der Waals surface area contributed by atoms with Crippen LogP contribution in [0.15, 0.2) is 60.7 Å². The number of carbonyl (C=O) groups excluding carboxylic acids is 1. The predicted molar refractivity (Wildman–Crippen MR) is 101 cm³/mol. The van der Waals surface area contributed by atoms with Gasteiger partial charge in [0.25, 0.3) is 0 Å². The molecule has 2 aromatic rings. The predicted octanol–water partition coefficient (Wildman–Crippen LogP) is 3.51. The van der Waals surface area contributed by atoms with Gasteiger partial charge in [0, 0.05) is 0 Å². The van der Waals surface area contributed by atoms with Crippen LogP contribution in [-0.4, -0.2) is 37.0 Å². The molecule has 0 aromatic heterocycles. The van der Waals surface area contributed by atoms with Crippen LogP contribution in [0.2, 0.25) is 0 Å². The van der Waals surface area contributed by atoms with E-state index in [2.05, 4.69) is 0 Å². The molecule has 0 bridgehead atoms. The molecule has 0 aliphatic carbocycles. The van der Waals surface area contributed by atoms with Crippen molar-refractivity contribution in [1.29, 1.82) is 0 Å². The Morgan fingerprint density at radius 1 is 1.00 bits per heavy atom. The topological polar surface area (TPSA) is 54.0 Å². The molecule has 1 fully saturated rings. The van der Waals surface area contributed by atoms with Gasteiger partial charge >= 0.3 is 0 Å². The summed E-state index contributed by atoms with van der Waals surface area (Å²) in [7, 11) is 0. The molecule has 0 amide bonds. The first kappa shape index (κ1) is 19.7. The van der Waals surface area contributed by atoms with Crippen LogP contribution in [0, 0.1) is 0 Å². The molecule has 27 heavy (non-hydrogen) atoms. The van der Waals surface area contributed by atoms with E-state index in [1.54, 1.807) is 0 Å². The van der Waals surface area contributed by atoms with Crippen molar-refractivity contribution in [2.45, 2.75) is 51.2 Å². The smallest absolute Gasteiger partial charge is 0.163 e. The molecule has 0 N–H and O–H groups in total. The number of carbonyl (C=O) groups is 1. The number of rotatable bonds is 9. The molecule has 1 saturated heterocycles. The Bertz CT molecular complexity index is 701. The standard InChI is InChI=1S/C22H26O5/c1-22(2)26-16-20(27-22)21(25-15-18-11-7-4-8-12-18)19(13-23)24-14-17-9-5-3-6-10-17/h3-13,19-21H,14-16H2,1-2H3/t19-,20-,21-/m1/s1. The second-order valence-electron chi connectivity index (χ2n) is 7.03. The molecule has 1 aliphatic heterocycles. The first-order chi connectivity index (χ1) is 13.1. The van der Waals surface area contributed by atoms with E-state index < -0.39 is 18.0 Å². The number of ether oxygens (including phenoxy) is 4. The lowest BCUT2D eigenvalue weighted by atomic mass is 10.1. The van der Waals surface area contributed by atoms with Crippen LogP contribution in [0.4, 0.5) is 0 Å². The molecule has 2 aromatic carbocycles. The summed E-state index contributed by atoms with van der Waals surface area (Å²) in [6.07, 6.45) is -0.910. The Labute approximate surface area is 160 Å². The lowest BCUT2D eigenvalue weighted by Crippen LogP contribution is -2.44. The number of aldehydes is 1. The molecule has 0 saturated carbocycles. The van der Waals surface area contributed by atoms with Gasteiger partial charge in [-0.2, -0.15) is 0 Å². The van der Waals surface area contributed by atoms with Gasteiger partial charge in [0.15, 0.2) is 12.1 Å². The van der Waals surface area contributed by atoms with Crippen molar-refractivity contribution in [2.75, 3.05) is 6.61 Å². The highest BCUT2D eigenvalue weighted by atomic mass is 16.8. The fourth-order valence-corrected chi connectivity index (χ4v) is 3.04. The minimum atomic E-state index is -0.753. The van der Waals surface area contributed by atoms with Gasteiger partial charge in [0.2, 0.25) is 0 Å². The largest absolute Gasteiger partial charge is 0.368 e. The van der Waals surface area contributed by atoms with Crippen molar-refractivity contribution in [3.05, 3.63) is 71.8 Å². The third-order valence-electron chi connectivity index (χ3n) is 4.43. The molecule has 144 valence electrons. The van der Waals surface area contributed by atoms with E-state index in [-0.39, 0.29) is 6.10 Å². The summed E-state index contributed by atoms with van der Waals surface area (Å²) in [5.74, 6) is -0.702. The highest BCUT2D eigenvalue weighted by Crippen LogP contribution is 2.28. The molecule has 3 rings (SSSR count). The van der Waals surface area contributed by atoms with Crippen LogP contribution in [0.3, 0.4) is 0 Å². The van der Waals surface area contributed by atoms with Gasteiger partial charge < -0.3 is 23.7 Å². The lowest BCUT2D eigenvalue weighted by molar-refractivity contribution is -0.179. The summed E-state index contributed by atoms with van der Waals surface area (Å²) in [5.41, 5.74) is 2.02. The summed E-state index contributed by atoms with van der Waals surface area (Å²) >= 11 is 0. The zero-order valence-electron chi connectivity index (χ0n) is 15.7. The van der Waals surface area contributed by atoms with E-state index in [4.69, 9.17) is 18.9 Å². The zero-order valence-corrected chi connectivity index (χ0v) is 15.7. The van der Waals surface area contributed by atoms with Gasteiger partial charge in [-0.15, -0.1) is 0 Å². The average Bonchev–Trinajstić information content (AvgIpc) is 3.05. The Morgan fingerprint density at radius 2 is 1.56 bits per heavy atom. The van der Waals surface area contributed by atoms with Crippen LogP contribution >= 0.6 is 0 Å². The Kier molecular flexibility index (Phi) is 6.74. The quantitative estimate of drug-likeness (QED) is 0.632. The maximum Gasteiger partial charge on any atom is 0.163 e. The SMILES string of the molecule is CC1(C)OC[C@H]([C@H](OCc2ccccc2)[C@@H](C=O)OCc2ccccc2)O1. The van der Waals surface area contributed by atoms with Gasteiger partial charge in [0.05, 0.1) is 19.8 Å². The van der Waals surface area contributed by atoms with Gasteiger partial charge in [-0.1, -0.05) is 60.7 Å². The highest BCUT2D eigenvalue weighted by molar-refractivity contribution is 5.57. The molecule has 1 heterocycles. The minimum Gasteiger partial charge on any atom is -0.368 e. The van der Waals surface area contributed by atoms with Crippen LogP contribution in [0.1, 0.15) is 25.0 Å². The second-order valence-corrected chi connectivity index (χ2v) is 7.03. The summed E-state index contributed by atoms with van der Waals surface area (Å²) in [6, 6.07) is 19.6. The molecule has 0 spiro atoms. The molecule has 1 aliphatic rings. The zero-order chi connectivity index (χ0) is 19.1. The fraction of sp³-hybridized carbons (Fsp3) is 0.409. The van der Waals surface area contributed by atoms with Crippen molar-refractivity contribution < 1.29 is 23.7 Å². The lowest BCUT2D eigenvalue weighted by Gasteiger charge is -2.28. The Morgan fingerprint density at radius 3 is 2.04 bits per heavy atom. The van der Waals surface area contributed by atoms with E-state index >= 15 is 0 Å². The van der Waals surface area contributed by atoms with E-state index in [0.717, 1.165) is 17.4 Å². The van der Waals surface area contributed by atoms with Crippen molar-refractivity contribution in [2.24, 2.45) is 0 Å². The van der Waals surface area contributed by atoms with Crippen molar-refractivity contribution in [1.82, 2.24) is 0 Å². The minimum absolute atomic E-state index is 0.326. The monoisotopic (exact) mass is 370 g/mol. The number of benzene rings is 2. The molecular formula is C22H26O5. The van der Waals surface area contributed by atoms with E-state index in [9.17, 15) is 4.79 Å². The van der Waals surface area contributed by atoms with Crippen molar-refractivity contribution >= 4 is 6.29 Å². The highest BCUT2D eigenvalue weighted by Gasteiger charge is 2.41. The molecule has 3 atom stereocenters. The van der Waals surface area contributed by atoms with Gasteiger partial charge in [0.1, 0.15) is 18.3 Å². The first-order valence-electron chi connectivity index (χ1n) is 9.15. The molecule has 5 heteroatoms. The van der Waals surface area contributed by atoms with E-state index in [1.165, 1.54) is 0 Å². The summed E-state index contributed by atoms with van der Waals surface area (Å²) < 4.78 is 23.6. The maximum absolute atomic E-state index is 11.8. The van der Waals surface area contributed by atoms with Gasteiger partial charge in [-0.05, 0) is 25.0 Å². The second kappa shape index (κ2) is 9.24. The number of hydrogen-bond donors (Lipinski definition) is 0. The molecular weight excluding hydrogens is 344 g/mol. The molecule has 0 radical (unpaired) electrons. The normalized spacial score (nSPS) is 20.9. The summed E-state index contributed by atoms with van der Waals surface area (Å²) in [4.78, 5) is 11.8. The first-order valence-corrected chi connectivity index (χ1v) is 9.15. The van der Waals surface area contributed by atoms with Crippen molar-refractivity contribution in [3.63, 3.8) is 0 Å². The van der Waals surface area contributed by atoms with Crippen LogP contribution in [0.25, 0.3) is 0 Å². The maximum atomic E-state index is 11.8. The Balaban J connectivity index is 1.69. The molecule has 0 unspecified atom stereocenters. The van der Waals surface area contributed by atoms with Gasteiger partial charge in [-0.25, -0.2) is 0 Å². The number of hydrogen-bond acceptors (Lipinski definition) is 5. The van der Waals surface area contributed by atoms with Crippen LogP contribution in [-0.2, 0) is 37.0 Å². The van der Waals surface area contributed by atoms with Crippen LogP contribution in [0.5, 0.6) is 0 Å². The van der Waals surface area contributed by atoms with E-state index in [0.29, 0.717) is 19.8 Å². The van der Waals surface area contributed by atoms with Crippen LogP contribution < -0.4 is 0 Å². The van der Waals surface area contributed by atoms with Crippen molar-refractivity contribution in [3.8, 4) is 0 Å². The Hall–Kier alpha value is -2.05. The summed E-state index contributed by atoms with van der Waals surface area (Å²) in [6.45, 7) is 4.74. The average molecular weight is 370 g/mol. The third kappa shape index (κ3) is 5.71. The summed E-state index contributed by atoms with van der Waals surface area (Å²) in [5, 5.41) is 0.